The van der Waals surface area contributed by atoms with Crippen molar-refractivity contribution in [3.8, 4) is 5.69 Å². The summed E-state index contributed by atoms with van der Waals surface area (Å²) < 4.78 is 19.9. The number of hydrogen-bond acceptors (Lipinski definition) is 3. The van der Waals surface area contributed by atoms with Gasteiger partial charge in [0.2, 0.25) is 0 Å². The number of hydrogen-bond donors (Lipinski definition) is 0. The number of nitrogens with zero attached hydrogens (tertiary/aromatic N) is 3. The number of benzene rings is 1. The first kappa shape index (κ1) is 13.8. The van der Waals surface area contributed by atoms with Crippen molar-refractivity contribution in [3.05, 3.63) is 47.5 Å². The van der Waals surface area contributed by atoms with Crippen LogP contribution in [0.4, 0.5) is 4.39 Å². The van der Waals surface area contributed by atoms with Gasteiger partial charge in [-0.3, -0.25) is 4.79 Å². The summed E-state index contributed by atoms with van der Waals surface area (Å²) in [6, 6.07) is 7.78. The Hall–Kier alpha value is -2.21. The lowest BCUT2D eigenvalue weighted by atomic mass is 10.3. The number of amides is 1. The number of halogens is 1. The molecule has 1 aromatic heterocycles. The van der Waals surface area contributed by atoms with E-state index in [4.69, 9.17) is 4.74 Å². The number of aryl methyl sites for hydroxylation is 1. The van der Waals surface area contributed by atoms with E-state index in [0.717, 1.165) is 11.4 Å². The van der Waals surface area contributed by atoms with E-state index < -0.39 is 0 Å². The quantitative estimate of drug-likeness (QED) is 0.847. The van der Waals surface area contributed by atoms with Crippen LogP contribution in [0.1, 0.15) is 16.2 Å². The first-order chi connectivity index (χ1) is 10.1. The molecule has 1 aliphatic rings. The van der Waals surface area contributed by atoms with E-state index in [1.54, 1.807) is 27.8 Å². The second kappa shape index (κ2) is 5.65. The lowest BCUT2D eigenvalue weighted by molar-refractivity contribution is 0.0298. The molecule has 0 aliphatic carbocycles. The van der Waals surface area contributed by atoms with E-state index in [0.29, 0.717) is 32.0 Å². The molecule has 0 spiro atoms. The number of aromatic nitrogens is 2. The Labute approximate surface area is 121 Å². The van der Waals surface area contributed by atoms with E-state index in [9.17, 15) is 9.18 Å². The van der Waals surface area contributed by atoms with Crippen LogP contribution in [0.25, 0.3) is 5.69 Å². The summed E-state index contributed by atoms with van der Waals surface area (Å²) in [6.45, 7) is 4.15. The van der Waals surface area contributed by atoms with Crippen LogP contribution in [-0.2, 0) is 4.74 Å². The molecule has 0 N–H and O–H groups in total. The Balaban J connectivity index is 1.86. The zero-order chi connectivity index (χ0) is 14.8. The average molecular weight is 289 g/mol. The molecule has 6 heteroatoms. The predicted octanol–water partition coefficient (Wildman–Crippen LogP) is 1.79. The summed E-state index contributed by atoms with van der Waals surface area (Å²) in [7, 11) is 0. The second-order valence-electron chi connectivity index (χ2n) is 4.96. The van der Waals surface area contributed by atoms with Crippen molar-refractivity contribution in [1.82, 2.24) is 14.7 Å². The fourth-order valence-electron chi connectivity index (χ4n) is 2.35. The van der Waals surface area contributed by atoms with E-state index in [-0.39, 0.29) is 11.7 Å². The molecule has 0 radical (unpaired) electrons. The predicted molar refractivity (Wildman–Crippen MR) is 75.0 cm³/mol. The smallest absolute Gasteiger partial charge is 0.274 e. The van der Waals surface area contributed by atoms with Gasteiger partial charge in [-0.25, -0.2) is 9.07 Å². The van der Waals surface area contributed by atoms with Gasteiger partial charge < -0.3 is 9.64 Å². The maximum Gasteiger partial charge on any atom is 0.274 e. The van der Waals surface area contributed by atoms with Crippen LogP contribution in [-0.4, -0.2) is 46.9 Å². The molecule has 110 valence electrons. The molecule has 1 amide bonds. The van der Waals surface area contributed by atoms with Crippen LogP contribution in [0.3, 0.4) is 0 Å². The van der Waals surface area contributed by atoms with Crippen molar-refractivity contribution in [2.75, 3.05) is 26.3 Å². The van der Waals surface area contributed by atoms with Gasteiger partial charge in [0.25, 0.3) is 5.91 Å². The Bertz CT molecular complexity index is 645. The molecule has 5 nitrogen and oxygen atoms in total. The Kier molecular flexibility index (Phi) is 3.70. The van der Waals surface area contributed by atoms with Gasteiger partial charge in [0.15, 0.2) is 5.69 Å². The van der Waals surface area contributed by atoms with Crippen molar-refractivity contribution in [3.63, 3.8) is 0 Å². The van der Waals surface area contributed by atoms with Crippen molar-refractivity contribution >= 4 is 5.91 Å². The first-order valence-corrected chi connectivity index (χ1v) is 6.85. The highest BCUT2D eigenvalue weighted by Crippen LogP contribution is 2.14. The normalized spacial score (nSPS) is 15.2. The van der Waals surface area contributed by atoms with Gasteiger partial charge in [0.1, 0.15) is 5.82 Å². The number of ether oxygens (including phenoxy) is 1. The van der Waals surface area contributed by atoms with E-state index in [2.05, 4.69) is 5.10 Å². The number of carbonyl (C=O) groups excluding carboxylic acids is 1. The molecule has 1 aliphatic heterocycles. The lowest BCUT2D eigenvalue weighted by Gasteiger charge is -2.25. The number of carbonyl (C=O) groups is 1. The van der Waals surface area contributed by atoms with Crippen LogP contribution in [0.15, 0.2) is 30.3 Å². The van der Waals surface area contributed by atoms with Crippen molar-refractivity contribution in [2.45, 2.75) is 6.92 Å². The van der Waals surface area contributed by atoms with E-state index in [1.807, 2.05) is 6.92 Å². The number of rotatable bonds is 2. The maximum absolute atomic E-state index is 13.0. The van der Waals surface area contributed by atoms with Gasteiger partial charge in [0, 0.05) is 18.8 Å². The number of morpholine rings is 1. The highest BCUT2D eigenvalue weighted by Gasteiger charge is 2.21. The minimum atomic E-state index is -0.298. The van der Waals surface area contributed by atoms with Crippen LogP contribution >= 0.6 is 0 Å². The molecular weight excluding hydrogens is 273 g/mol. The molecule has 2 aromatic rings. The topological polar surface area (TPSA) is 47.4 Å². The fourth-order valence-corrected chi connectivity index (χ4v) is 2.35. The van der Waals surface area contributed by atoms with Crippen molar-refractivity contribution in [1.29, 1.82) is 0 Å². The van der Waals surface area contributed by atoms with E-state index in [1.165, 1.54) is 12.1 Å². The van der Waals surface area contributed by atoms with Crippen LogP contribution in [0, 0.1) is 12.7 Å². The Morgan fingerprint density at radius 2 is 1.90 bits per heavy atom. The molecular formula is C15H16FN3O2. The summed E-state index contributed by atoms with van der Waals surface area (Å²) in [6.07, 6.45) is 0. The SMILES string of the molecule is Cc1cc(C(=O)N2CCOCC2)nn1-c1ccc(F)cc1. The van der Waals surface area contributed by atoms with Gasteiger partial charge in [-0.2, -0.15) is 5.10 Å². The van der Waals surface area contributed by atoms with Gasteiger partial charge in [-0.15, -0.1) is 0 Å². The standard InChI is InChI=1S/C15H16FN3O2/c1-11-10-14(15(20)18-6-8-21-9-7-18)17-19(11)13-4-2-12(16)3-5-13/h2-5,10H,6-9H2,1H3. The van der Waals surface area contributed by atoms with Gasteiger partial charge in [-0.1, -0.05) is 0 Å². The average Bonchev–Trinajstić information content (AvgIpc) is 2.90. The molecule has 0 unspecified atom stereocenters. The molecule has 0 bridgehead atoms. The largest absolute Gasteiger partial charge is 0.378 e. The van der Waals surface area contributed by atoms with Crippen LogP contribution in [0.5, 0.6) is 0 Å². The van der Waals surface area contributed by atoms with E-state index >= 15 is 0 Å². The molecule has 1 fully saturated rings. The maximum atomic E-state index is 13.0. The summed E-state index contributed by atoms with van der Waals surface area (Å²) in [5.41, 5.74) is 1.96. The monoisotopic (exact) mass is 289 g/mol. The lowest BCUT2D eigenvalue weighted by Crippen LogP contribution is -2.40. The highest BCUT2D eigenvalue weighted by molar-refractivity contribution is 5.92. The summed E-state index contributed by atoms with van der Waals surface area (Å²) in [5, 5.41) is 4.35. The third-order valence-electron chi connectivity index (χ3n) is 3.48. The Morgan fingerprint density at radius 3 is 2.57 bits per heavy atom. The molecule has 2 heterocycles. The summed E-state index contributed by atoms with van der Waals surface area (Å²) in [4.78, 5) is 14.1. The molecule has 1 saturated heterocycles. The van der Waals surface area contributed by atoms with Gasteiger partial charge in [0.05, 0.1) is 18.9 Å². The molecule has 21 heavy (non-hydrogen) atoms. The summed E-state index contributed by atoms with van der Waals surface area (Å²) in [5.74, 6) is -0.393. The minimum Gasteiger partial charge on any atom is -0.378 e. The molecule has 0 atom stereocenters. The van der Waals surface area contributed by atoms with Crippen molar-refractivity contribution < 1.29 is 13.9 Å². The zero-order valence-corrected chi connectivity index (χ0v) is 11.8. The van der Waals surface area contributed by atoms with Crippen LogP contribution in [0.2, 0.25) is 0 Å². The molecule has 0 saturated carbocycles. The zero-order valence-electron chi connectivity index (χ0n) is 11.8. The highest BCUT2D eigenvalue weighted by atomic mass is 19.1. The van der Waals surface area contributed by atoms with Crippen LogP contribution < -0.4 is 0 Å². The summed E-state index contributed by atoms with van der Waals surface area (Å²) >= 11 is 0. The van der Waals surface area contributed by atoms with Crippen molar-refractivity contribution in [2.24, 2.45) is 0 Å². The first-order valence-electron chi connectivity index (χ1n) is 6.85. The third-order valence-corrected chi connectivity index (χ3v) is 3.48. The fraction of sp³-hybridized carbons (Fsp3) is 0.333. The Morgan fingerprint density at radius 1 is 1.24 bits per heavy atom. The molecule has 1 aromatic carbocycles. The third kappa shape index (κ3) is 2.80. The van der Waals surface area contributed by atoms with Gasteiger partial charge in [-0.05, 0) is 37.3 Å². The molecule has 3 rings (SSSR count). The minimum absolute atomic E-state index is 0.0951. The second-order valence-corrected chi connectivity index (χ2v) is 4.96. The van der Waals surface area contributed by atoms with Gasteiger partial charge >= 0.3 is 0 Å².